The van der Waals surface area contributed by atoms with E-state index in [1.807, 2.05) is 17.0 Å². The third-order valence-electron chi connectivity index (χ3n) is 4.32. The van der Waals surface area contributed by atoms with Crippen molar-refractivity contribution in [1.29, 1.82) is 0 Å². The van der Waals surface area contributed by atoms with Gasteiger partial charge < -0.3 is 9.64 Å². The predicted molar refractivity (Wildman–Crippen MR) is 92.0 cm³/mol. The lowest BCUT2D eigenvalue weighted by Gasteiger charge is -2.30. The molecule has 0 radical (unpaired) electrons. The van der Waals surface area contributed by atoms with Gasteiger partial charge in [0.25, 0.3) is 0 Å². The molecule has 6 heteroatoms. The lowest BCUT2D eigenvalue weighted by atomic mass is 10.0. The van der Waals surface area contributed by atoms with Gasteiger partial charge >= 0.3 is 6.03 Å². The summed E-state index contributed by atoms with van der Waals surface area (Å²) in [5, 5.41) is 2.89. The second-order valence-corrected chi connectivity index (χ2v) is 5.82. The smallest absolute Gasteiger partial charge is 0.323 e. The van der Waals surface area contributed by atoms with E-state index < -0.39 is 0 Å². The van der Waals surface area contributed by atoms with Crippen molar-refractivity contribution in [1.82, 2.24) is 14.9 Å². The number of nitrogens with one attached hydrogen (secondary N) is 1. The molecule has 126 valence electrons. The molecule has 2 aromatic heterocycles. The Morgan fingerprint density at radius 1 is 1.21 bits per heavy atom. The molecule has 1 aliphatic rings. The number of hydrogen-bond acceptors (Lipinski definition) is 4. The molecule has 1 N–H and O–H groups in total. The van der Waals surface area contributed by atoms with Crippen molar-refractivity contribution in [3.05, 3.63) is 48.4 Å². The zero-order valence-electron chi connectivity index (χ0n) is 13.8. The van der Waals surface area contributed by atoms with Crippen molar-refractivity contribution < 1.29 is 9.53 Å². The summed E-state index contributed by atoms with van der Waals surface area (Å²) in [6.45, 7) is 0.730. The highest BCUT2D eigenvalue weighted by atomic mass is 16.5. The Morgan fingerprint density at radius 2 is 2.04 bits per heavy atom. The molecule has 1 saturated heterocycles. The van der Waals surface area contributed by atoms with Crippen LogP contribution in [0.2, 0.25) is 0 Å². The molecule has 0 bridgehead atoms. The van der Waals surface area contributed by atoms with E-state index >= 15 is 0 Å². The Morgan fingerprint density at radius 3 is 2.83 bits per heavy atom. The Labute approximate surface area is 141 Å². The molecule has 2 aromatic rings. The van der Waals surface area contributed by atoms with Crippen molar-refractivity contribution in [2.45, 2.75) is 31.7 Å². The third-order valence-corrected chi connectivity index (χ3v) is 4.32. The minimum atomic E-state index is -0.143. The van der Waals surface area contributed by atoms with Crippen LogP contribution in [0.4, 0.5) is 10.6 Å². The lowest BCUT2D eigenvalue weighted by Crippen LogP contribution is -2.38. The molecule has 1 aliphatic heterocycles. The summed E-state index contributed by atoms with van der Waals surface area (Å²) < 4.78 is 5.27. The van der Waals surface area contributed by atoms with Gasteiger partial charge in [0.1, 0.15) is 0 Å². The summed E-state index contributed by atoms with van der Waals surface area (Å²) in [6.07, 6.45) is 9.41. The monoisotopic (exact) mass is 326 g/mol. The van der Waals surface area contributed by atoms with Crippen molar-refractivity contribution in [3.63, 3.8) is 0 Å². The number of amides is 2. The first-order valence-electron chi connectivity index (χ1n) is 8.26. The maximum absolute atomic E-state index is 12.9. The van der Waals surface area contributed by atoms with Gasteiger partial charge in [0.15, 0.2) is 11.6 Å². The van der Waals surface area contributed by atoms with Crippen LogP contribution in [0.1, 0.15) is 37.3 Å². The Bertz CT molecular complexity index is 678. The number of likely N-dealkylation sites (tertiary alicyclic amines) is 1. The largest absolute Gasteiger partial charge is 0.493 e. The summed E-state index contributed by atoms with van der Waals surface area (Å²) in [6, 6.07) is 7.45. The molecule has 0 aromatic carbocycles. The van der Waals surface area contributed by atoms with Gasteiger partial charge in [-0.1, -0.05) is 12.8 Å². The van der Waals surface area contributed by atoms with Gasteiger partial charge in [-0.2, -0.15) is 0 Å². The van der Waals surface area contributed by atoms with Crippen LogP contribution < -0.4 is 10.1 Å². The van der Waals surface area contributed by atoms with Crippen LogP contribution >= 0.6 is 0 Å². The second-order valence-electron chi connectivity index (χ2n) is 5.82. The molecule has 0 aliphatic carbocycles. The van der Waals surface area contributed by atoms with Gasteiger partial charge in [-0.15, -0.1) is 0 Å². The molecule has 1 fully saturated rings. The highest BCUT2D eigenvalue weighted by Gasteiger charge is 2.27. The molecular formula is C18H22N4O2. The molecule has 1 atom stereocenters. The number of carbonyl (C=O) groups is 1. The van der Waals surface area contributed by atoms with Gasteiger partial charge in [-0.05, 0) is 42.7 Å². The predicted octanol–water partition coefficient (Wildman–Crippen LogP) is 3.63. The first kappa shape index (κ1) is 16.2. The second kappa shape index (κ2) is 7.77. The van der Waals surface area contributed by atoms with Crippen molar-refractivity contribution in [2.24, 2.45) is 0 Å². The molecule has 0 saturated carbocycles. The highest BCUT2D eigenvalue weighted by molar-refractivity contribution is 5.90. The van der Waals surface area contributed by atoms with E-state index in [2.05, 4.69) is 15.3 Å². The summed E-state index contributed by atoms with van der Waals surface area (Å²) in [5.74, 6) is 1.00. The third kappa shape index (κ3) is 3.64. The Hall–Kier alpha value is -2.63. The number of rotatable bonds is 3. The maximum Gasteiger partial charge on any atom is 0.323 e. The average molecular weight is 326 g/mol. The SMILES string of the molecule is COc1cccnc1NC(=O)N1CCCCCC1c1ccncc1. The van der Waals surface area contributed by atoms with E-state index in [0.29, 0.717) is 11.6 Å². The van der Waals surface area contributed by atoms with Gasteiger partial charge in [0.05, 0.1) is 13.2 Å². The molecule has 2 amide bonds. The van der Waals surface area contributed by atoms with E-state index in [1.165, 1.54) is 0 Å². The number of ether oxygens (including phenoxy) is 1. The quantitative estimate of drug-likeness (QED) is 0.935. The van der Waals surface area contributed by atoms with Gasteiger partial charge in [-0.25, -0.2) is 9.78 Å². The molecule has 6 nitrogen and oxygen atoms in total. The first-order valence-corrected chi connectivity index (χ1v) is 8.26. The Balaban J connectivity index is 1.82. The summed E-state index contributed by atoms with van der Waals surface area (Å²) >= 11 is 0. The van der Waals surface area contributed by atoms with Gasteiger partial charge in [0.2, 0.25) is 0 Å². The van der Waals surface area contributed by atoms with E-state index in [-0.39, 0.29) is 12.1 Å². The standard InChI is InChI=1S/C18H22N4O2/c1-24-16-7-5-10-20-17(16)21-18(23)22-13-4-2-3-6-15(22)14-8-11-19-12-9-14/h5,7-12,15H,2-4,6,13H2,1H3,(H,20,21,23). The van der Waals surface area contributed by atoms with Crippen LogP contribution in [0.25, 0.3) is 0 Å². The summed E-state index contributed by atoms with van der Waals surface area (Å²) in [7, 11) is 1.57. The average Bonchev–Trinajstić information content (AvgIpc) is 2.89. The van der Waals surface area contributed by atoms with E-state index in [0.717, 1.165) is 37.8 Å². The molecule has 3 rings (SSSR count). The molecule has 24 heavy (non-hydrogen) atoms. The fraction of sp³-hybridized carbons (Fsp3) is 0.389. The highest BCUT2D eigenvalue weighted by Crippen LogP contribution is 2.31. The van der Waals surface area contributed by atoms with Crippen LogP contribution in [0.15, 0.2) is 42.9 Å². The number of hydrogen-bond donors (Lipinski definition) is 1. The number of methoxy groups -OCH3 is 1. The molecule has 3 heterocycles. The zero-order valence-corrected chi connectivity index (χ0v) is 13.8. The van der Waals surface area contributed by atoms with Crippen LogP contribution in [0.3, 0.4) is 0 Å². The van der Waals surface area contributed by atoms with Gasteiger partial charge in [-0.3, -0.25) is 10.3 Å². The zero-order chi connectivity index (χ0) is 16.8. The number of carbonyl (C=O) groups excluding carboxylic acids is 1. The van der Waals surface area contributed by atoms with Crippen molar-refractivity contribution in [2.75, 3.05) is 19.0 Å². The maximum atomic E-state index is 12.9. The number of aromatic nitrogens is 2. The van der Waals surface area contributed by atoms with Crippen molar-refractivity contribution in [3.8, 4) is 5.75 Å². The van der Waals surface area contributed by atoms with E-state index in [4.69, 9.17) is 4.74 Å². The first-order chi connectivity index (χ1) is 11.8. The number of pyridine rings is 2. The van der Waals surface area contributed by atoms with E-state index in [9.17, 15) is 4.79 Å². The molecule has 1 unspecified atom stereocenters. The Kier molecular flexibility index (Phi) is 5.25. The van der Waals surface area contributed by atoms with Crippen molar-refractivity contribution >= 4 is 11.8 Å². The topological polar surface area (TPSA) is 67.3 Å². The van der Waals surface area contributed by atoms with Crippen LogP contribution in [0, 0.1) is 0 Å². The molecular weight excluding hydrogens is 304 g/mol. The fourth-order valence-electron chi connectivity index (χ4n) is 3.11. The van der Waals surface area contributed by atoms with E-state index in [1.54, 1.807) is 37.8 Å². The number of urea groups is 1. The normalized spacial score (nSPS) is 17.9. The van der Waals surface area contributed by atoms with Crippen LogP contribution in [-0.4, -0.2) is 34.6 Å². The minimum Gasteiger partial charge on any atom is -0.493 e. The minimum absolute atomic E-state index is 0.0604. The van der Waals surface area contributed by atoms with Crippen LogP contribution in [0.5, 0.6) is 5.75 Å². The summed E-state index contributed by atoms with van der Waals surface area (Å²) in [5.41, 5.74) is 1.12. The van der Waals surface area contributed by atoms with Crippen LogP contribution in [-0.2, 0) is 0 Å². The number of nitrogens with zero attached hydrogens (tertiary/aromatic N) is 3. The lowest BCUT2D eigenvalue weighted by molar-refractivity contribution is 0.189. The molecule has 0 spiro atoms. The fourth-order valence-corrected chi connectivity index (χ4v) is 3.11. The summed E-state index contributed by atoms with van der Waals surface area (Å²) in [4.78, 5) is 23.1. The number of anilines is 1. The van der Waals surface area contributed by atoms with Gasteiger partial charge in [0, 0.05) is 25.1 Å².